The second kappa shape index (κ2) is 4.21. The van der Waals surface area contributed by atoms with E-state index in [1.165, 1.54) is 6.07 Å². The number of rotatable bonds is 2. The van der Waals surface area contributed by atoms with E-state index in [4.69, 9.17) is 0 Å². The lowest BCUT2D eigenvalue weighted by Gasteiger charge is -2.01. The predicted molar refractivity (Wildman–Crippen MR) is 58.2 cm³/mol. The van der Waals surface area contributed by atoms with Gasteiger partial charge < -0.3 is 0 Å². The van der Waals surface area contributed by atoms with Crippen LogP contribution in [0.1, 0.15) is 5.56 Å². The molecule has 2 rings (SSSR count). The van der Waals surface area contributed by atoms with Crippen LogP contribution >= 0.6 is 22.6 Å². The van der Waals surface area contributed by atoms with Crippen molar-refractivity contribution in [1.29, 1.82) is 0 Å². The molecule has 0 saturated carbocycles. The van der Waals surface area contributed by atoms with Gasteiger partial charge in [0.2, 0.25) is 3.83 Å². The Morgan fingerprint density at radius 1 is 1.27 bits per heavy atom. The number of hydrogen-bond acceptors (Lipinski definition) is 2. The van der Waals surface area contributed by atoms with Crippen molar-refractivity contribution >= 4 is 22.6 Å². The highest BCUT2D eigenvalue weighted by Gasteiger charge is 2.03. The van der Waals surface area contributed by atoms with E-state index in [0.717, 1.165) is 12.1 Å². The van der Waals surface area contributed by atoms with Crippen LogP contribution in [0.5, 0.6) is 0 Å². The van der Waals surface area contributed by atoms with E-state index in [1.807, 2.05) is 22.6 Å². The van der Waals surface area contributed by atoms with Crippen LogP contribution in [0.3, 0.4) is 0 Å². The fourth-order valence-corrected chi connectivity index (χ4v) is 1.57. The van der Waals surface area contributed by atoms with Crippen molar-refractivity contribution in [2.75, 3.05) is 0 Å². The maximum atomic E-state index is 12.9. The first-order chi connectivity index (χ1) is 7.15. The van der Waals surface area contributed by atoms with Crippen molar-refractivity contribution in [3.05, 3.63) is 45.6 Å². The van der Waals surface area contributed by atoms with Gasteiger partial charge in [0.25, 0.3) is 0 Å². The summed E-state index contributed by atoms with van der Waals surface area (Å²) >= 11 is 1.98. The molecule has 15 heavy (non-hydrogen) atoms. The zero-order chi connectivity index (χ0) is 10.8. The molecule has 2 aromatic rings. The third-order valence-corrected chi connectivity index (χ3v) is 2.33. The van der Waals surface area contributed by atoms with Gasteiger partial charge in [0.15, 0.2) is 11.6 Å². The normalized spacial score (nSPS) is 10.6. The summed E-state index contributed by atoms with van der Waals surface area (Å²) in [7, 11) is 0. The fourth-order valence-electron chi connectivity index (χ4n) is 1.17. The smallest absolute Gasteiger partial charge is 0.211 e. The van der Waals surface area contributed by atoms with E-state index in [0.29, 0.717) is 15.9 Å². The molecule has 0 bridgehead atoms. The summed E-state index contributed by atoms with van der Waals surface area (Å²) in [4.78, 5) is 3.92. The SMILES string of the molecule is Fc1ccc(Cn2cnc(I)n2)cc1F. The van der Waals surface area contributed by atoms with Gasteiger partial charge in [-0.1, -0.05) is 6.07 Å². The molecular formula is C9H6F2IN3. The Morgan fingerprint density at radius 3 is 2.67 bits per heavy atom. The van der Waals surface area contributed by atoms with Crippen molar-refractivity contribution in [1.82, 2.24) is 14.8 Å². The van der Waals surface area contributed by atoms with E-state index in [-0.39, 0.29) is 0 Å². The largest absolute Gasteiger partial charge is 0.247 e. The summed E-state index contributed by atoms with van der Waals surface area (Å²) in [6, 6.07) is 3.78. The Labute approximate surface area is 98.3 Å². The molecule has 0 radical (unpaired) electrons. The van der Waals surface area contributed by atoms with Crippen LogP contribution < -0.4 is 0 Å². The minimum absolute atomic E-state index is 0.382. The lowest BCUT2D eigenvalue weighted by Crippen LogP contribution is -2.01. The first-order valence-corrected chi connectivity index (χ1v) is 5.22. The molecule has 1 heterocycles. The van der Waals surface area contributed by atoms with Crippen molar-refractivity contribution in [3.8, 4) is 0 Å². The zero-order valence-electron chi connectivity index (χ0n) is 7.49. The third-order valence-electron chi connectivity index (χ3n) is 1.84. The van der Waals surface area contributed by atoms with Crippen LogP contribution in [0, 0.1) is 15.5 Å². The van der Waals surface area contributed by atoms with Gasteiger partial charge in [-0.15, -0.1) is 5.10 Å². The van der Waals surface area contributed by atoms with Gasteiger partial charge in [0.1, 0.15) is 6.33 Å². The van der Waals surface area contributed by atoms with Crippen LogP contribution in [-0.2, 0) is 6.54 Å². The molecule has 0 aliphatic heterocycles. The molecule has 0 amide bonds. The van der Waals surface area contributed by atoms with Gasteiger partial charge in [-0.05, 0) is 17.7 Å². The van der Waals surface area contributed by atoms with Crippen LogP contribution in [-0.4, -0.2) is 14.8 Å². The number of hydrogen-bond donors (Lipinski definition) is 0. The van der Waals surface area contributed by atoms with Gasteiger partial charge in [-0.25, -0.2) is 18.4 Å². The van der Waals surface area contributed by atoms with Gasteiger partial charge in [-0.3, -0.25) is 0 Å². The van der Waals surface area contributed by atoms with Crippen molar-refractivity contribution in [2.24, 2.45) is 0 Å². The quantitative estimate of drug-likeness (QED) is 0.794. The molecule has 3 nitrogen and oxygen atoms in total. The molecule has 0 unspecified atom stereocenters. The van der Waals surface area contributed by atoms with Gasteiger partial charge in [-0.2, -0.15) is 0 Å². The van der Waals surface area contributed by atoms with Crippen LogP contribution in [0.2, 0.25) is 0 Å². The Bertz CT molecular complexity index is 484. The van der Waals surface area contributed by atoms with Crippen LogP contribution in [0.15, 0.2) is 24.5 Å². The predicted octanol–water partition coefficient (Wildman–Crippen LogP) is 2.21. The molecule has 0 fully saturated rings. The van der Waals surface area contributed by atoms with Gasteiger partial charge in [0.05, 0.1) is 6.54 Å². The molecule has 0 spiro atoms. The molecule has 0 atom stereocenters. The van der Waals surface area contributed by atoms with E-state index in [1.54, 1.807) is 11.0 Å². The highest BCUT2D eigenvalue weighted by molar-refractivity contribution is 14.1. The summed E-state index contributed by atoms with van der Waals surface area (Å²) in [5, 5.41) is 4.03. The van der Waals surface area contributed by atoms with Crippen LogP contribution in [0.25, 0.3) is 0 Å². The molecule has 0 saturated heterocycles. The fraction of sp³-hybridized carbons (Fsp3) is 0.111. The number of nitrogens with zero attached hydrogens (tertiary/aromatic N) is 3. The summed E-state index contributed by atoms with van der Waals surface area (Å²) in [6.07, 6.45) is 1.54. The molecular weight excluding hydrogens is 315 g/mol. The molecule has 1 aromatic carbocycles. The highest BCUT2D eigenvalue weighted by atomic mass is 127. The standard InChI is InChI=1S/C9H6F2IN3/c10-7-2-1-6(3-8(7)11)4-15-5-13-9(12)14-15/h1-3,5H,4H2. The first kappa shape index (κ1) is 10.5. The van der Waals surface area contributed by atoms with Crippen LogP contribution in [0.4, 0.5) is 8.78 Å². The zero-order valence-corrected chi connectivity index (χ0v) is 9.65. The van der Waals surface area contributed by atoms with E-state index >= 15 is 0 Å². The molecule has 1 aromatic heterocycles. The summed E-state index contributed by atoms with van der Waals surface area (Å²) in [5.74, 6) is -1.69. The van der Waals surface area contributed by atoms with Crippen molar-refractivity contribution < 1.29 is 8.78 Å². The maximum Gasteiger partial charge on any atom is 0.211 e. The Kier molecular flexibility index (Phi) is 2.94. The average Bonchev–Trinajstić information content (AvgIpc) is 2.58. The number of halogens is 3. The molecule has 0 aliphatic carbocycles. The number of benzene rings is 1. The van der Waals surface area contributed by atoms with Crippen molar-refractivity contribution in [2.45, 2.75) is 6.54 Å². The minimum atomic E-state index is -0.845. The summed E-state index contributed by atoms with van der Waals surface area (Å²) in [6.45, 7) is 0.382. The lowest BCUT2D eigenvalue weighted by atomic mass is 10.2. The van der Waals surface area contributed by atoms with E-state index in [2.05, 4.69) is 10.1 Å². The summed E-state index contributed by atoms with van der Waals surface area (Å²) < 4.78 is 27.7. The second-order valence-electron chi connectivity index (χ2n) is 2.96. The number of aromatic nitrogens is 3. The second-order valence-corrected chi connectivity index (χ2v) is 3.92. The van der Waals surface area contributed by atoms with Gasteiger partial charge >= 0.3 is 0 Å². The van der Waals surface area contributed by atoms with Gasteiger partial charge in [0, 0.05) is 22.6 Å². The molecule has 6 heteroatoms. The Hall–Kier alpha value is -1.05. The Morgan fingerprint density at radius 2 is 2.07 bits per heavy atom. The molecule has 78 valence electrons. The Balaban J connectivity index is 2.21. The van der Waals surface area contributed by atoms with Crippen molar-refractivity contribution in [3.63, 3.8) is 0 Å². The lowest BCUT2D eigenvalue weighted by molar-refractivity contribution is 0.505. The molecule has 0 N–H and O–H groups in total. The monoisotopic (exact) mass is 321 g/mol. The average molecular weight is 321 g/mol. The third kappa shape index (κ3) is 2.49. The topological polar surface area (TPSA) is 30.7 Å². The minimum Gasteiger partial charge on any atom is -0.247 e. The summed E-state index contributed by atoms with van der Waals surface area (Å²) in [5.41, 5.74) is 0.648. The maximum absolute atomic E-state index is 12.9. The first-order valence-electron chi connectivity index (χ1n) is 4.14. The molecule has 0 aliphatic rings. The highest BCUT2D eigenvalue weighted by Crippen LogP contribution is 2.09. The van der Waals surface area contributed by atoms with E-state index < -0.39 is 11.6 Å². The van der Waals surface area contributed by atoms with E-state index in [9.17, 15) is 8.78 Å².